The van der Waals surface area contributed by atoms with E-state index in [-0.39, 0.29) is 5.38 Å². The first kappa shape index (κ1) is 9.51. The second kappa shape index (κ2) is 6.63. The minimum atomic E-state index is 0.170. The highest BCUT2D eigenvalue weighted by Crippen LogP contribution is 2.08. The first-order valence-electron chi connectivity index (χ1n) is 3.14. The standard InChI is InChI=1S/C7H12BrCl/c1-2-7(9)5-3-4-6-8/h2,7H,1,3-6H2. The second-order valence-electron chi connectivity index (χ2n) is 1.94. The third kappa shape index (κ3) is 6.39. The topological polar surface area (TPSA) is 0 Å². The molecule has 0 heterocycles. The van der Waals surface area contributed by atoms with Gasteiger partial charge in [-0.15, -0.1) is 18.2 Å². The lowest BCUT2D eigenvalue weighted by molar-refractivity contribution is 0.742. The van der Waals surface area contributed by atoms with Crippen LogP contribution in [0.25, 0.3) is 0 Å². The van der Waals surface area contributed by atoms with Crippen molar-refractivity contribution in [2.75, 3.05) is 5.33 Å². The highest BCUT2D eigenvalue weighted by atomic mass is 79.9. The van der Waals surface area contributed by atoms with Crippen LogP contribution in [0.2, 0.25) is 0 Å². The van der Waals surface area contributed by atoms with Crippen LogP contribution in [0.1, 0.15) is 19.3 Å². The molecule has 0 aromatic heterocycles. The Labute approximate surface area is 70.4 Å². The van der Waals surface area contributed by atoms with Crippen molar-refractivity contribution in [2.24, 2.45) is 0 Å². The van der Waals surface area contributed by atoms with Crippen LogP contribution in [0.15, 0.2) is 12.7 Å². The van der Waals surface area contributed by atoms with E-state index in [0.29, 0.717) is 0 Å². The van der Waals surface area contributed by atoms with Gasteiger partial charge in [-0.1, -0.05) is 28.4 Å². The van der Waals surface area contributed by atoms with Gasteiger partial charge < -0.3 is 0 Å². The van der Waals surface area contributed by atoms with Crippen molar-refractivity contribution in [3.8, 4) is 0 Å². The molecule has 2 heteroatoms. The average molecular weight is 212 g/mol. The smallest absolute Gasteiger partial charge is 0.0513 e. The van der Waals surface area contributed by atoms with Crippen molar-refractivity contribution in [1.29, 1.82) is 0 Å². The van der Waals surface area contributed by atoms with Crippen LogP contribution in [-0.2, 0) is 0 Å². The highest BCUT2D eigenvalue weighted by molar-refractivity contribution is 9.09. The van der Waals surface area contributed by atoms with E-state index in [4.69, 9.17) is 11.6 Å². The van der Waals surface area contributed by atoms with Crippen molar-refractivity contribution in [1.82, 2.24) is 0 Å². The SMILES string of the molecule is C=CC(Cl)CCCCBr. The van der Waals surface area contributed by atoms with Gasteiger partial charge >= 0.3 is 0 Å². The summed E-state index contributed by atoms with van der Waals surface area (Å²) in [6, 6.07) is 0. The van der Waals surface area contributed by atoms with Crippen LogP contribution >= 0.6 is 27.5 Å². The Balaban J connectivity index is 2.96. The fourth-order valence-corrected chi connectivity index (χ4v) is 1.10. The summed E-state index contributed by atoms with van der Waals surface area (Å²) in [5, 5.41) is 1.25. The van der Waals surface area contributed by atoms with Crippen molar-refractivity contribution >= 4 is 27.5 Å². The zero-order chi connectivity index (χ0) is 7.11. The van der Waals surface area contributed by atoms with Crippen molar-refractivity contribution < 1.29 is 0 Å². The Morgan fingerprint density at radius 1 is 1.56 bits per heavy atom. The predicted octanol–water partition coefficient (Wildman–Crippen LogP) is 3.35. The van der Waals surface area contributed by atoms with Gasteiger partial charge in [0.25, 0.3) is 0 Å². The van der Waals surface area contributed by atoms with E-state index >= 15 is 0 Å². The maximum atomic E-state index is 5.77. The van der Waals surface area contributed by atoms with Crippen molar-refractivity contribution in [3.05, 3.63) is 12.7 Å². The molecule has 0 bridgehead atoms. The Bertz CT molecular complexity index is 73.3. The van der Waals surface area contributed by atoms with Gasteiger partial charge in [0.15, 0.2) is 0 Å². The number of rotatable bonds is 5. The van der Waals surface area contributed by atoms with E-state index in [1.165, 1.54) is 12.8 Å². The largest absolute Gasteiger partial charge is 0.118 e. The summed E-state index contributed by atoms with van der Waals surface area (Å²) in [5.41, 5.74) is 0. The minimum absolute atomic E-state index is 0.170. The Morgan fingerprint density at radius 2 is 2.22 bits per heavy atom. The van der Waals surface area contributed by atoms with Crippen LogP contribution in [0.3, 0.4) is 0 Å². The van der Waals surface area contributed by atoms with Gasteiger partial charge in [-0.3, -0.25) is 0 Å². The minimum Gasteiger partial charge on any atom is -0.118 e. The second-order valence-corrected chi connectivity index (χ2v) is 3.29. The van der Waals surface area contributed by atoms with Gasteiger partial charge in [-0.25, -0.2) is 0 Å². The summed E-state index contributed by atoms with van der Waals surface area (Å²) in [4.78, 5) is 0. The van der Waals surface area contributed by atoms with Crippen molar-refractivity contribution in [3.63, 3.8) is 0 Å². The Morgan fingerprint density at radius 3 is 2.67 bits per heavy atom. The Kier molecular flexibility index (Phi) is 7.00. The fraction of sp³-hybridized carbons (Fsp3) is 0.714. The molecule has 0 aromatic rings. The van der Waals surface area contributed by atoms with Gasteiger partial charge in [-0.05, 0) is 12.8 Å². The van der Waals surface area contributed by atoms with Crippen LogP contribution in [0.4, 0.5) is 0 Å². The van der Waals surface area contributed by atoms with Gasteiger partial charge in [-0.2, -0.15) is 0 Å². The maximum absolute atomic E-state index is 5.77. The van der Waals surface area contributed by atoms with Gasteiger partial charge in [0, 0.05) is 5.33 Å². The zero-order valence-corrected chi connectivity index (χ0v) is 7.79. The summed E-state index contributed by atoms with van der Waals surface area (Å²) in [6.07, 6.45) is 5.23. The summed E-state index contributed by atoms with van der Waals surface area (Å²) in [7, 11) is 0. The summed E-state index contributed by atoms with van der Waals surface area (Å²) < 4.78 is 0. The molecule has 0 amide bonds. The molecule has 1 atom stereocenters. The predicted molar refractivity (Wildman–Crippen MR) is 47.5 cm³/mol. The zero-order valence-electron chi connectivity index (χ0n) is 5.45. The molecule has 0 saturated carbocycles. The number of hydrogen-bond acceptors (Lipinski definition) is 0. The van der Waals surface area contributed by atoms with Gasteiger partial charge in [0.05, 0.1) is 5.38 Å². The van der Waals surface area contributed by atoms with Crippen LogP contribution in [0, 0.1) is 0 Å². The average Bonchev–Trinajstić information content (AvgIpc) is 1.89. The number of alkyl halides is 2. The first-order chi connectivity index (χ1) is 4.31. The Hall–Kier alpha value is 0.510. The van der Waals surface area contributed by atoms with E-state index < -0.39 is 0 Å². The maximum Gasteiger partial charge on any atom is 0.0513 e. The molecular formula is C7H12BrCl. The first-order valence-corrected chi connectivity index (χ1v) is 4.69. The lowest BCUT2D eigenvalue weighted by Crippen LogP contribution is -1.91. The van der Waals surface area contributed by atoms with Gasteiger partial charge in [0.1, 0.15) is 0 Å². The molecule has 9 heavy (non-hydrogen) atoms. The molecule has 1 unspecified atom stereocenters. The quantitative estimate of drug-likeness (QED) is 0.372. The molecule has 0 fully saturated rings. The molecule has 0 N–H and O–H groups in total. The van der Waals surface area contributed by atoms with E-state index in [1.54, 1.807) is 6.08 Å². The third-order valence-corrected chi connectivity index (χ3v) is 2.08. The van der Waals surface area contributed by atoms with E-state index in [9.17, 15) is 0 Å². The van der Waals surface area contributed by atoms with Crippen LogP contribution in [-0.4, -0.2) is 10.7 Å². The number of halogens is 2. The molecule has 0 spiro atoms. The van der Waals surface area contributed by atoms with Gasteiger partial charge in [0.2, 0.25) is 0 Å². The summed E-state index contributed by atoms with van der Waals surface area (Å²) >= 11 is 9.12. The van der Waals surface area contributed by atoms with E-state index in [2.05, 4.69) is 22.5 Å². The summed E-state index contributed by atoms with van der Waals surface area (Å²) in [5.74, 6) is 0. The molecule has 0 aliphatic heterocycles. The molecule has 0 aliphatic carbocycles. The van der Waals surface area contributed by atoms with Crippen LogP contribution < -0.4 is 0 Å². The molecule has 0 saturated heterocycles. The molecule has 0 radical (unpaired) electrons. The molecule has 0 aliphatic rings. The van der Waals surface area contributed by atoms with Crippen LogP contribution in [0.5, 0.6) is 0 Å². The van der Waals surface area contributed by atoms with E-state index in [1.807, 2.05) is 0 Å². The number of allylic oxidation sites excluding steroid dienone is 1. The third-order valence-electron chi connectivity index (χ3n) is 1.12. The van der Waals surface area contributed by atoms with Crippen molar-refractivity contribution in [2.45, 2.75) is 24.6 Å². The molecular weight excluding hydrogens is 199 g/mol. The lowest BCUT2D eigenvalue weighted by Gasteiger charge is -1.99. The molecule has 0 rings (SSSR count). The summed E-state index contributed by atoms with van der Waals surface area (Å²) in [6.45, 7) is 3.60. The molecule has 0 aromatic carbocycles. The molecule has 54 valence electrons. The number of hydrogen-bond donors (Lipinski definition) is 0. The van der Waals surface area contributed by atoms with E-state index in [0.717, 1.165) is 11.8 Å². The highest BCUT2D eigenvalue weighted by Gasteiger charge is 1.95. The fourth-order valence-electron chi connectivity index (χ4n) is 0.552. The normalized spacial score (nSPS) is 13.1. The molecule has 0 nitrogen and oxygen atoms in total. The monoisotopic (exact) mass is 210 g/mol. The number of unbranched alkanes of at least 4 members (excludes halogenated alkanes) is 1. The lowest BCUT2D eigenvalue weighted by atomic mass is 10.2.